The second-order valence-electron chi connectivity index (χ2n) is 5.15. The molecular formula is C14H28ClN3O3. The number of nitrogens with one attached hydrogen (secondary N) is 3. The quantitative estimate of drug-likeness (QED) is 0.539. The lowest BCUT2D eigenvalue weighted by atomic mass is 9.89. The Kier molecular flexibility index (Phi) is 12.3. The summed E-state index contributed by atoms with van der Waals surface area (Å²) in [6.45, 7) is 2.76. The maximum Gasteiger partial charge on any atom is 0.239 e. The van der Waals surface area contributed by atoms with Gasteiger partial charge in [0.1, 0.15) is 0 Å². The van der Waals surface area contributed by atoms with E-state index in [0.717, 1.165) is 32.2 Å². The minimum Gasteiger partial charge on any atom is -0.383 e. The van der Waals surface area contributed by atoms with Crippen LogP contribution in [-0.2, 0) is 14.3 Å². The van der Waals surface area contributed by atoms with Crippen molar-refractivity contribution in [1.29, 1.82) is 0 Å². The number of hydrogen-bond donors (Lipinski definition) is 3. The molecule has 1 fully saturated rings. The minimum atomic E-state index is -0.136. The zero-order chi connectivity index (χ0) is 14.6. The highest BCUT2D eigenvalue weighted by Gasteiger charge is 2.20. The molecule has 0 aromatic carbocycles. The van der Waals surface area contributed by atoms with E-state index in [1.165, 1.54) is 6.42 Å². The number of rotatable bonds is 9. The number of amides is 2. The molecule has 21 heavy (non-hydrogen) atoms. The Balaban J connectivity index is 0.00000400. The molecule has 0 spiro atoms. The topological polar surface area (TPSA) is 79.5 Å². The summed E-state index contributed by atoms with van der Waals surface area (Å²) >= 11 is 0. The Morgan fingerprint density at radius 1 is 1.05 bits per heavy atom. The molecule has 1 saturated carbocycles. The molecule has 0 aromatic rings. The molecule has 0 aromatic heterocycles. The van der Waals surface area contributed by atoms with Crippen LogP contribution in [0.5, 0.6) is 0 Å². The Hall–Kier alpha value is -0.850. The zero-order valence-electron chi connectivity index (χ0n) is 12.8. The second-order valence-corrected chi connectivity index (χ2v) is 5.15. The van der Waals surface area contributed by atoms with Crippen molar-refractivity contribution in [2.75, 3.05) is 39.9 Å². The molecule has 1 aliphatic rings. The van der Waals surface area contributed by atoms with Crippen molar-refractivity contribution < 1.29 is 14.3 Å². The van der Waals surface area contributed by atoms with E-state index in [4.69, 9.17) is 4.74 Å². The predicted octanol–water partition coefficient (Wildman–Crippen LogP) is 0.457. The summed E-state index contributed by atoms with van der Waals surface area (Å²) < 4.78 is 4.89. The highest BCUT2D eigenvalue weighted by molar-refractivity contribution is 5.86. The van der Waals surface area contributed by atoms with E-state index in [1.807, 2.05) is 0 Å². The predicted molar refractivity (Wildman–Crippen MR) is 84.6 cm³/mol. The van der Waals surface area contributed by atoms with Gasteiger partial charge in [-0.15, -0.1) is 12.4 Å². The van der Waals surface area contributed by atoms with Gasteiger partial charge < -0.3 is 20.7 Å². The van der Waals surface area contributed by atoms with E-state index in [0.29, 0.717) is 19.7 Å². The van der Waals surface area contributed by atoms with Crippen LogP contribution in [-0.4, -0.2) is 51.7 Å². The van der Waals surface area contributed by atoms with E-state index in [2.05, 4.69) is 16.0 Å². The summed E-state index contributed by atoms with van der Waals surface area (Å²) in [5.74, 6) is -0.00645. The van der Waals surface area contributed by atoms with E-state index in [-0.39, 0.29) is 36.7 Å². The van der Waals surface area contributed by atoms with Gasteiger partial charge in [0.05, 0.1) is 13.2 Å². The molecule has 7 heteroatoms. The van der Waals surface area contributed by atoms with Gasteiger partial charge in [-0.3, -0.25) is 9.59 Å². The van der Waals surface area contributed by atoms with E-state index >= 15 is 0 Å². The monoisotopic (exact) mass is 321 g/mol. The third-order valence-electron chi connectivity index (χ3n) is 3.51. The van der Waals surface area contributed by atoms with Crippen LogP contribution in [0.4, 0.5) is 0 Å². The maximum atomic E-state index is 11.8. The van der Waals surface area contributed by atoms with Crippen molar-refractivity contribution in [3.63, 3.8) is 0 Å². The van der Waals surface area contributed by atoms with Crippen molar-refractivity contribution in [3.05, 3.63) is 0 Å². The minimum absolute atomic E-state index is 0. The molecule has 0 aliphatic heterocycles. The summed E-state index contributed by atoms with van der Waals surface area (Å²) in [5, 5.41) is 8.61. The van der Waals surface area contributed by atoms with Crippen LogP contribution in [0.15, 0.2) is 0 Å². The van der Waals surface area contributed by atoms with Crippen molar-refractivity contribution in [2.45, 2.75) is 32.1 Å². The van der Waals surface area contributed by atoms with Gasteiger partial charge in [-0.05, 0) is 12.8 Å². The Bertz CT molecular complexity index is 297. The molecule has 1 rings (SSSR count). The highest BCUT2D eigenvalue weighted by atomic mass is 35.5. The molecule has 2 amide bonds. The molecule has 6 nitrogen and oxygen atoms in total. The van der Waals surface area contributed by atoms with Gasteiger partial charge in [0.25, 0.3) is 0 Å². The van der Waals surface area contributed by atoms with Crippen molar-refractivity contribution in [2.24, 2.45) is 5.92 Å². The third-order valence-corrected chi connectivity index (χ3v) is 3.51. The number of carbonyl (C=O) groups excluding carboxylic acids is 2. The van der Waals surface area contributed by atoms with Gasteiger partial charge in [0.2, 0.25) is 11.8 Å². The largest absolute Gasteiger partial charge is 0.383 e. The van der Waals surface area contributed by atoms with Crippen molar-refractivity contribution in [3.8, 4) is 0 Å². The molecule has 124 valence electrons. The van der Waals surface area contributed by atoms with Crippen LogP contribution in [0.2, 0.25) is 0 Å². The first kappa shape index (κ1) is 20.1. The molecule has 3 N–H and O–H groups in total. The second kappa shape index (κ2) is 12.9. The van der Waals surface area contributed by atoms with Crippen LogP contribution in [0.25, 0.3) is 0 Å². The fraction of sp³-hybridized carbons (Fsp3) is 0.857. The molecule has 0 bridgehead atoms. The van der Waals surface area contributed by atoms with Crippen LogP contribution >= 0.6 is 12.4 Å². The van der Waals surface area contributed by atoms with Gasteiger partial charge in [0.15, 0.2) is 0 Å². The summed E-state index contributed by atoms with van der Waals surface area (Å²) in [6.07, 6.45) is 5.38. The number of ether oxygens (including phenoxy) is 1. The lowest BCUT2D eigenvalue weighted by molar-refractivity contribution is -0.129. The number of halogens is 1. The summed E-state index contributed by atoms with van der Waals surface area (Å²) in [4.78, 5) is 23.4. The molecule has 0 atom stereocenters. The average molecular weight is 322 g/mol. The maximum absolute atomic E-state index is 11.8. The molecular weight excluding hydrogens is 294 g/mol. The van der Waals surface area contributed by atoms with Gasteiger partial charge in [-0.2, -0.15) is 0 Å². The Morgan fingerprint density at radius 3 is 2.43 bits per heavy atom. The summed E-state index contributed by atoms with van der Waals surface area (Å²) in [5.41, 5.74) is 0. The van der Waals surface area contributed by atoms with Crippen LogP contribution in [0.3, 0.4) is 0 Å². The van der Waals surface area contributed by atoms with Crippen molar-refractivity contribution >= 4 is 24.2 Å². The summed E-state index contributed by atoms with van der Waals surface area (Å²) in [7, 11) is 1.65. The van der Waals surface area contributed by atoms with Crippen molar-refractivity contribution in [1.82, 2.24) is 16.0 Å². The van der Waals surface area contributed by atoms with Gasteiger partial charge in [-0.25, -0.2) is 0 Å². The Labute approximate surface area is 133 Å². The molecule has 0 heterocycles. The van der Waals surface area contributed by atoms with Gasteiger partial charge >= 0.3 is 0 Å². The van der Waals surface area contributed by atoms with Gasteiger partial charge in [0, 0.05) is 32.7 Å². The smallest absolute Gasteiger partial charge is 0.239 e. The third kappa shape index (κ3) is 9.66. The number of methoxy groups -OCH3 is 1. The van der Waals surface area contributed by atoms with E-state index in [9.17, 15) is 9.59 Å². The lowest BCUT2D eigenvalue weighted by Crippen LogP contribution is -2.42. The zero-order valence-corrected chi connectivity index (χ0v) is 13.6. The molecule has 0 radical (unpaired) electrons. The van der Waals surface area contributed by atoms with Crippen LogP contribution < -0.4 is 16.0 Å². The fourth-order valence-corrected chi connectivity index (χ4v) is 2.33. The summed E-state index contributed by atoms with van der Waals surface area (Å²) in [6, 6.07) is 0. The first-order valence-electron chi connectivity index (χ1n) is 7.48. The average Bonchev–Trinajstić information content (AvgIpc) is 2.49. The number of carbonyl (C=O) groups is 2. The van der Waals surface area contributed by atoms with E-state index < -0.39 is 0 Å². The molecule has 0 saturated heterocycles. The van der Waals surface area contributed by atoms with E-state index in [1.54, 1.807) is 7.11 Å². The van der Waals surface area contributed by atoms with Gasteiger partial charge in [-0.1, -0.05) is 19.3 Å². The highest BCUT2D eigenvalue weighted by Crippen LogP contribution is 2.23. The molecule has 1 aliphatic carbocycles. The van der Waals surface area contributed by atoms with Crippen LogP contribution in [0, 0.1) is 5.92 Å². The standard InChI is InChI=1S/C14H27N3O3.ClH/c1-20-10-9-15-7-8-16-13(18)11-17-14(19)12-5-3-2-4-6-12;/h12,15H,2-11H2,1H3,(H,16,18)(H,17,19);1H. The normalized spacial score (nSPS) is 15.1. The first-order valence-corrected chi connectivity index (χ1v) is 7.48. The Morgan fingerprint density at radius 2 is 1.76 bits per heavy atom. The fourth-order valence-electron chi connectivity index (χ4n) is 2.33. The van der Waals surface area contributed by atoms with Crippen LogP contribution in [0.1, 0.15) is 32.1 Å². The SMILES string of the molecule is COCCNCCNC(=O)CNC(=O)C1CCCCC1.Cl. The molecule has 0 unspecified atom stereocenters. The number of hydrogen-bond acceptors (Lipinski definition) is 4. The first-order chi connectivity index (χ1) is 9.74. The lowest BCUT2D eigenvalue weighted by Gasteiger charge is -2.20.